The van der Waals surface area contributed by atoms with Gasteiger partial charge in [-0.15, -0.1) is 0 Å². The van der Waals surface area contributed by atoms with Gasteiger partial charge in [0.25, 0.3) is 0 Å². The number of aliphatic imine (C=N–C) groups is 1. The molecule has 0 unspecified atom stereocenters. The fourth-order valence-electron chi connectivity index (χ4n) is 4.17. The summed E-state index contributed by atoms with van der Waals surface area (Å²) in [5.74, 6) is 0.653. The van der Waals surface area contributed by atoms with Crippen LogP contribution in [0.25, 0.3) is 0 Å². The molecule has 0 atom stereocenters. The molecule has 0 aromatic rings. The SMILES string of the molecule is NC(=NCCN1CCC2(CCCCC2)CC1)NC1CCC1. The van der Waals surface area contributed by atoms with Crippen molar-refractivity contribution in [1.82, 2.24) is 10.2 Å². The van der Waals surface area contributed by atoms with Gasteiger partial charge in [-0.05, 0) is 63.5 Å². The predicted molar refractivity (Wildman–Crippen MR) is 88.5 cm³/mol. The number of rotatable bonds is 4. The predicted octanol–water partition coefficient (Wildman–Crippen LogP) is 2.49. The Morgan fingerprint density at radius 3 is 2.38 bits per heavy atom. The minimum atomic E-state index is 0.592. The van der Waals surface area contributed by atoms with Crippen LogP contribution in [0.15, 0.2) is 4.99 Å². The highest BCUT2D eigenvalue weighted by Gasteiger charge is 2.35. The normalized spacial score (nSPS) is 27.5. The summed E-state index contributed by atoms with van der Waals surface area (Å²) in [6, 6.07) is 0.592. The lowest BCUT2D eigenvalue weighted by Gasteiger charge is -2.44. The summed E-state index contributed by atoms with van der Waals surface area (Å²) in [6.45, 7) is 4.46. The van der Waals surface area contributed by atoms with Crippen LogP contribution in [0.5, 0.6) is 0 Å². The third kappa shape index (κ3) is 4.12. The van der Waals surface area contributed by atoms with Gasteiger partial charge in [-0.2, -0.15) is 0 Å². The summed E-state index contributed by atoms with van der Waals surface area (Å²) in [5.41, 5.74) is 6.64. The highest BCUT2D eigenvalue weighted by Crippen LogP contribution is 2.44. The lowest BCUT2D eigenvalue weighted by Crippen LogP contribution is -2.44. The Labute approximate surface area is 129 Å². The Balaban J connectivity index is 1.34. The second-order valence-corrected chi connectivity index (χ2v) is 7.44. The molecule has 0 aromatic heterocycles. The lowest BCUT2D eigenvalue weighted by atomic mass is 9.68. The lowest BCUT2D eigenvalue weighted by molar-refractivity contribution is 0.0695. The first-order chi connectivity index (χ1) is 10.3. The quantitative estimate of drug-likeness (QED) is 0.618. The highest BCUT2D eigenvalue weighted by molar-refractivity contribution is 5.78. The monoisotopic (exact) mass is 292 g/mol. The van der Waals surface area contributed by atoms with Gasteiger partial charge in [0.15, 0.2) is 5.96 Å². The second kappa shape index (κ2) is 6.99. The van der Waals surface area contributed by atoms with Crippen molar-refractivity contribution in [2.24, 2.45) is 16.1 Å². The van der Waals surface area contributed by atoms with Gasteiger partial charge < -0.3 is 16.0 Å². The molecular formula is C17H32N4. The van der Waals surface area contributed by atoms with Crippen molar-refractivity contribution in [2.75, 3.05) is 26.2 Å². The first-order valence-electron chi connectivity index (χ1n) is 9.05. The van der Waals surface area contributed by atoms with E-state index in [2.05, 4.69) is 15.2 Å². The molecule has 3 aliphatic rings. The van der Waals surface area contributed by atoms with Crippen molar-refractivity contribution in [1.29, 1.82) is 0 Å². The van der Waals surface area contributed by atoms with Crippen molar-refractivity contribution in [3.63, 3.8) is 0 Å². The number of hydrogen-bond acceptors (Lipinski definition) is 2. The van der Waals surface area contributed by atoms with Crippen LogP contribution in [0.1, 0.15) is 64.2 Å². The molecule has 21 heavy (non-hydrogen) atoms. The Hall–Kier alpha value is -0.770. The van der Waals surface area contributed by atoms with Crippen LogP contribution < -0.4 is 11.1 Å². The number of hydrogen-bond donors (Lipinski definition) is 2. The van der Waals surface area contributed by atoms with Gasteiger partial charge in [0.1, 0.15) is 0 Å². The van der Waals surface area contributed by atoms with Crippen LogP contribution in [0, 0.1) is 5.41 Å². The highest BCUT2D eigenvalue weighted by atomic mass is 15.2. The molecule has 0 aromatic carbocycles. The molecule has 2 saturated carbocycles. The fourth-order valence-corrected chi connectivity index (χ4v) is 4.17. The first-order valence-corrected chi connectivity index (χ1v) is 9.05. The van der Waals surface area contributed by atoms with Gasteiger partial charge in [-0.3, -0.25) is 4.99 Å². The second-order valence-electron chi connectivity index (χ2n) is 7.44. The van der Waals surface area contributed by atoms with E-state index in [4.69, 9.17) is 5.73 Å². The number of nitrogens with two attached hydrogens (primary N) is 1. The molecule has 1 heterocycles. The fraction of sp³-hybridized carbons (Fsp3) is 0.941. The molecule has 0 radical (unpaired) electrons. The number of nitrogens with one attached hydrogen (secondary N) is 1. The van der Waals surface area contributed by atoms with Crippen molar-refractivity contribution in [3.05, 3.63) is 0 Å². The minimum absolute atomic E-state index is 0.592. The smallest absolute Gasteiger partial charge is 0.188 e. The maximum atomic E-state index is 5.93. The van der Waals surface area contributed by atoms with Crippen molar-refractivity contribution in [2.45, 2.75) is 70.3 Å². The molecule has 2 aliphatic carbocycles. The van der Waals surface area contributed by atoms with Gasteiger partial charge in [0.2, 0.25) is 0 Å². The average molecular weight is 292 g/mol. The Bertz CT molecular complexity index is 346. The molecular weight excluding hydrogens is 260 g/mol. The van der Waals surface area contributed by atoms with Gasteiger partial charge in [0, 0.05) is 12.6 Å². The van der Waals surface area contributed by atoms with E-state index in [9.17, 15) is 0 Å². The number of piperidine rings is 1. The van der Waals surface area contributed by atoms with Crippen LogP contribution in [0.4, 0.5) is 0 Å². The van der Waals surface area contributed by atoms with E-state index in [1.54, 1.807) is 0 Å². The Morgan fingerprint density at radius 2 is 1.76 bits per heavy atom. The zero-order chi connectivity index (χ0) is 14.5. The maximum Gasteiger partial charge on any atom is 0.188 e. The topological polar surface area (TPSA) is 53.6 Å². The van der Waals surface area contributed by atoms with Gasteiger partial charge >= 0.3 is 0 Å². The van der Waals surface area contributed by atoms with E-state index < -0.39 is 0 Å². The summed E-state index contributed by atoms with van der Waals surface area (Å²) in [7, 11) is 0. The molecule has 1 aliphatic heterocycles. The molecule has 4 heteroatoms. The number of nitrogens with zero attached hydrogens (tertiary/aromatic N) is 2. The number of guanidine groups is 1. The largest absolute Gasteiger partial charge is 0.370 e. The molecule has 1 spiro atoms. The molecule has 3 rings (SSSR count). The van der Waals surface area contributed by atoms with E-state index >= 15 is 0 Å². The standard InChI is InChI=1S/C17H32N4/c18-16(20-15-5-4-6-15)19-11-14-21-12-9-17(10-13-21)7-2-1-3-8-17/h15H,1-14H2,(H3,18,19,20). The van der Waals surface area contributed by atoms with Gasteiger partial charge in [-0.25, -0.2) is 0 Å². The number of likely N-dealkylation sites (tertiary alicyclic amines) is 1. The maximum absolute atomic E-state index is 5.93. The zero-order valence-electron chi connectivity index (χ0n) is 13.4. The zero-order valence-corrected chi connectivity index (χ0v) is 13.4. The summed E-state index contributed by atoms with van der Waals surface area (Å²) in [4.78, 5) is 7.07. The van der Waals surface area contributed by atoms with Crippen LogP contribution in [-0.2, 0) is 0 Å². The van der Waals surface area contributed by atoms with Crippen LogP contribution in [0.2, 0.25) is 0 Å². The third-order valence-corrected chi connectivity index (χ3v) is 5.99. The van der Waals surface area contributed by atoms with E-state index in [0.29, 0.717) is 17.4 Å². The van der Waals surface area contributed by atoms with Gasteiger partial charge in [-0.1, -0.05) is 19.3 Å². The van der Waals surface area contributed by atoms with E-state index in [1.165, 1.54) is 77.3 Å². The summed E-state index contributed by atoms with van der Waals surface area (Å²) in [5, 5.41) is 3.31. The van der Waals surface area contributed by atoms with E-state index in [-0.39, 0.29) is 0 Å². The van der Waals surface area contributed by atoms with E-state index in [1.807, 2.05) is 0 Å². The van der Waals surface area contributed by atoms with Crippen molar-refractivity contribution < 1.29 is 0 Å². The molecule has 3 N–H and O–H groups in total. The van der Waals surface area contributed by atoms with Crippen LogP contribution in [0.3, 0.4) is 0 Å². The van der Waals surface area contributed by atoms with Crippen LogP contribution in [-0.4, -0.2) is 43.1 Å². The summed E-state index contributed by atoms with van der Waals surface area (Å²) < 4.78 is 0. The van der Waals surface area contributed by atoms with Crippen molar-refractivity contribution in [3.8, 4) is 0 Å². The molecule has 4 nitrogen and oxygen atoms in total. The minimum Gasteiger partial charge on any atom is -0.370 e. The van der Waals surface area contributed by atoms with E-state index in [0.717, 1.165) is 13.1 Å². The molecule has 0 amide bonds. The molecule has 120 valence electrons. The Morgan fingerprint density at radius 1 is 1.05 bits per heavy atom. The molecule has 0 bridgehead atoms. The average Bonchev–Trinajstić information content (AvgIpc) is 2.46. The van der Waals surface area contributed by atoms with Crippen LogP contribution >= 0.6 is 0 Å². The summed E-state index contributed by atoms with van der Waals surface area (Å²) >= 11 is 0. The molecule has 1 saturated heterocycles. The Kier molecular flexibility index (Phi) is 5.04. The summed E-state index contributed by atoms with van der Waals surface area (Å²) in [6.07, 6.45) is 14.0. The van der Waals surface area contributed by atoms with Crippen molar-refractivity contribution >= 4 is 5.96 Å². The first kappa shape index (κ1) is 15.1. The van der Waals surface area contributed by atoms with Gasteiger partial charge in [0.05, 0.1) is 6.54 Å². The molecule has 3 fully saturated rings. The third-order valence-electron chi connectivity index (χ3n) is 5.99.